The Bertz CT molecular complexity index is 411. The van der Waals surface area contributed by atoms with Gasteiger partial charge in [0.2, 0.25) is 0 Å². The van der Waals surface area contributed by atoms with Crippen LogP contribution in [0.1, 0.15) is 32.6 Å². The lowest BCUT2D eigenvalue weighted by molar-refractivity contribution is -0.152. The highest BCUT2D eigenvalue weighted by molar-refractivity contribution is 6.34. The van der Waals surface area contributed by atoms with Gasteiger partial charge in [0.05, 0.1) is 6.61 Å². The Balaban J connectivity index is 1.83. The second-order valence-corrected chi connectivity index (χ2v) is 5.68. The van der Waals surface area contributed by atoms with E-state index in [1.807, 2.05) is 0 Å². The van der Waals surface area contributed by atoms with Crippen LogP contribution in [0.15, 0.2) is 0 Å². The summed E-state index contributed by atoms with van der Waals surface area (Å²) in [5.74, 6) is -0.836. The summed E-state index contributed by atoms with van der Waals surface area (Å²) in [7, 11) is 0. The van der Waals surface area contributed by atoms with Crippen LogP contribution in [0.4, 0.5) is 4.79 Å². The molecular formula is C15H25N3O4. The minimum atomic E-state index is -0.439. The molecule has 0 saturated carbocycles. The maximum absolute atomic E-state index is 12.3. The number of rotatable bonds is 1. The van der Waals surface area contributed by atoms with Gasteiger partial charge in [-0.2, -0.15) is 0 Å². The summed E-state index contributed by atoms with van der Waals surface area (Å²) in [5, 5.41) is 0. The Morgan fingerprint density at radius 2 is 1.18 bits per heavy atom. The highest BCUT2D eigenvalue weighted by Gasteiger charge is 2.31. The van der Waals surface area contributed by atoms with Crippen LogP contribution in [-0.2, 0) is 14.3 Å². The first-order valence-electron chi connectivity index (χ1n) is 8.13. The predicted molar refractivity (Wildman–Crippen MR) is 80.2 cm³/mol. The van der Waals surface area contributed by atoms with Crippen molar-refractivity contribution >= 4 is 17.9 Å². The van der Waals surface area contributed by atoms with E-state index in [2.05, 4.69) is 0 Å². The van der Waals surface area contributed by atoms with Crippen molar-refractivity contribution in [2.45, 2.75) is 32.6 Å². The molecule has 2 rings (SSSR count). The molecule has 7 heteroatoms. The molecular weight excluding hydrogens is 286 g/mol. The van der Waals surface area contributed by atoms with Crippen LogP contribution in [0.3, 0.4) is 0 Å². The molecule has 0 atom stereocenters. The summed E-state index contributed by atoms with van der Waals surface area (Å²) >= 11 is 0. The minimum Gasteiger partial charge on any atom is -0.450 e. The van der Waals surface area contributed by atoms with Crippen molar-refractivity contribution in [3.05, 3.63) is 0 Å². The maximum Gasteiger partial charge on any atom is 0.409 e. The highest BCUT2D eigenvalue weighted by Crippen LogP contribution is 2.11. The van der Waals surface area contributed by atoms with Gasteiger partial charge < -0.3 is 19.4 Å². The normalized spacial score (nSPS) is 19.6. The zero-order chi connectivity index (χ0) is 15.9. The highest BCUT2D eigenvalue weighted by atomic mass is 16.6. The van der Waals surface area contributed by atoms with E-state index in [1.54, 1.807) is 21.6 Å². The molecule has 0 spiro atoms. The molecule has 22 heavy (non-hydrogen) atoms. The van der Waals surface area contributed by atoms with Crippen LogP contribution in [0.5, 0.6) is 0 Å². The second kappa shape index (κ2) is 8.00. The number of hydrogen-bond donors (Lipinski definition) is 0. The molecule has 0 radical (unpaired) electrons. The molecule has 3 amide bonds. The van der Waals surface area contributed by atoms with Crippen LogP contribution in [0, 0.1) is 0 Å². The average Bonchev–Trinajstić information content (AvgIpc) is 2.83. The molecule has 2 fully saturated rings. The van der Waals surface area contributed by atoms with E-state index < -0.39 is 11.8 Å². The lowest BCUT2D eigenvalue weighted by atomic mass is 10.2. The Labute approximate surface area is 131 Å². The van der Waals surface area contributed by atoms with Gasteiger partial charge in [-0.3, -0.25) is 9.59 Å². The number of amides is 3. The summed E-state index contributed by atoms with van der Waals surface area (Å²) in [6, 6.07) is 0. The van der Waals surface area contributed by atoms with Gasteiger partial charge in [0.25, 0.3) is 0 Å². The van der Waals surface area contributed by atoms with Gasteiger partial charge >= 0.3 is 17.9 Å². The van der Waals surface area contributed by atoms with Gasteiger partial charge in [0.1, 0.15) is 0 Å². The smallest absolute Gasteiger partial charge is 0.409 e. The number of piperazine rings is 1. The Kier molecular flexibility index (Phi) is 6.03. The molecule has 7 nitrogen and oxygen atoms in total. The van der Waals surface area contributed by atoms with Gasteiger partial charge in [-0.15, -0.1) is 0 Å². The van der Waals surface area contributed by atoms with E-state index in [-0.39, 0.29) is 6.09 Å². The molecule has 0 aromatic heterocycles. The first kappa shape index (κ1) is 16.6. The topological polar surface area (TPSA) is 70.2 Å². The van der Waals surface area contributed by atoms with E-state index in [0.29, 0.717) is 45.9 Å². The van der Waals surface area contributed by atoms with Crippen LogP contribution in [0.2, 0.25) is 0 Å². The first-order chi connectivity index (χ1) is 10.6. The largest absolute Gasteiger partial charge is 0.450 e. The van der Waals surface area contributed by atoms with E-state index in [9.17, 15) is 14.4 Å². The summed E-state index contributed by atoms with van der Waals surface area (Å²) in [5.41, 5.74) is 0. The molecule has 2 aliphatic heterocycles. The van der Waals surface area contributed by atoms with Gasteiger partial charge in [0, 0.05) is 39.3 Å². The number of carbonyl (C=O) groups excluding carboxylic acids is 3. The van der Waals surface area contributed by atoms with Gasteiger partial charge in [-0.25, -0.2) is 4.79 Å². The average molecular weight is 311 g/mol. The van der Waals surface area contributed by atoms with Gasteiger partial charge in [0.15, 0.2) is 0 Å². The lowest BCUT2D eigenvalue weighted by Gasteiger charge is -2.34. The van der Waals surface area contributed by atoms with E-state index >= 15 is 0 Å². The van der Waals surface area contributed by atoms with Crippen LogP contribution in [-0.4, -0.2) is 78.5 Å². The third-order valence-electron chi connectivity index (χ3n) is 4.17. The first-order valence-corrected chi connectivity index (χ1v) is 8.13. The number of carbonyl (C=O) groups is 3. The molecule has 2 aliphatic rings. The third-order valence-corrected chi connectivity index (χ3v) is 4.17. The van der Waals surface area contributed by atoms with E-state index in [0.717, 1.165) is 25.7 Å². The van der Waals surface area contributed by atoms with Crippen molar-refractivity contribution in [1.82, 2.24) is 14.7 Å². The number of ether oxygens (including phenoxy) is 1. The monoisotopic (exact) mass is 311 g/mol. The quantitative estimate of drug-likeness (QED) is 0.668. The van der Waals surface area contributed by atoms with Crippen molar-refractivity contribution in [1.29, 1.82) is 0 Å². The fourth-order valence-electron chi connectivity index (χ4n) is 2.85. The predicted octanol–water partition coefficient (Wildman–Crippen LogP) is 0.690. The lowest BCUT2D eigenvalue weighted by Crippen LogP contribution is -2.54. The second-order valence-electron chi connectivity index (χ2n) is 5.68. The van der Waals surface area contributed by atoms with Crippen molar-refractivity contribution < 1.29 is 19.1 Å². The summed E-state index contributed by atoms with van der Waals surface area (Å²) in [6.07, 6.45) is 3.82. The third kappa shape index (κ3) is 4.11. The summed E-state index contributed by atoms with van der Waals surface area (Å²) in [4.78, 5) is 41.0. The van der Waals surface area contributed by atoms with Gasteiger partial charge in [-0.05, 0) is 19.8 Å². The fourth-order valence-corrected chi connectivity index (χ4v) is 2.85. The maximum atomic E-state index is 12.3. The summed E-state index contributed by atoms with van der Waals surface area (Å²) < 4.78 is 4.94. The number of likely N-dealkylation sites (tertiary alicyclic amines) is 1. The molecule has 0 unspecified atom stereocenters. The molecule has 0 aromatic carbocycles. The zero-order valence-electron chi connectivity index (χ0n) is 13.3. The number of nitrogens with zero attached hydrogens (tertiary/aromatic N) is 3. The van der Waals surface area contributed by atoms with Gasteiger partial charge in [-0.1, -0.05) is 12.8 Å². The summed E-state index contributed by atoms with van der Waals surface area (Å²) in [6.45, 7) is 5.05. The minimum absolute atomic E-state index is 0.339. The van der Waals surface area contributed by atoms with Crippen LogP contribution < -0.4 is 0 Å². The molecule has 2 saturated heterocycles. The molecule has 0 aromatic rings. The van der Waals surface area contributed by atoms with E-state index in [1.165, 1.54) is 0 Å². The Morgan fingerprint density at radius 1 is 0.727 bits per heavy atom. The Hall–Kier alpha value is -1.79. The molecule has 0 aliphatic carbocycles. The van der Waals surface area contributed by atoms with Crippen molar-refractivity contribution in [2.24, 2.45) is 0 Å². The zero-order valence-corrected chi connectivity index (χ0v) is 13.3. The van der Waals surface area contributed by atoms with Crippen molar-refractivity contribution in [3.8, 4) is 0 Å². The fraction of sp³-hybridized carbons (Fsp3) is 0.800. The molecule has 124 valence electrons. The molecule has 2 heterocycles. The van der Waals surface area contributed by atoms with E-state index in [4.69, 9.17) is 4.74 Å². The standard InChI is InChI=1S/C15H25N3O4/c1-2-22-15(21)18-11-9-17(10-12-18)14(20)13(19)16-7-5-3-4-6-8-16/h2-12H2,1H3. The Morgan fingerprint density at radius 3 is 1.68 bits per heavy atom. The SMILES string of the molecule is CCOC(=O)N1CCN(C(=O)C(=O)N2CCCCCC2)CC1. The number of hydrogen-bond acceptors (Lipinski definition) is 4. The van der Waals surface area contributed by atoms with Crippen molar-refractivity contribution in [3.63, 3.8) is 0 Å². The molecule has 0 bridgehead atoms. The molecule has 0 N–H and O–H groups in total. The van der Waals surface area contributed by atoms with Crippen LogP contribution >= 0.6 is 0 Å². The van der Waals surface area contributed by atoms with Crippen molar-refractivity contribution in [2.75, 3.05) is 45.9 Å². The van der Waals surface area contributed by atoms with Crippen LogP contribution in [0.25, 0.3) is 0 Å².